The molecule has 5 heteroatoms. The van der Waals surface area contributed by atoms with Crippen molar-refractivity contribution in [3.05, 3.63) is 96.6 Å². The van der Waals surface area contributed by atoms with E-state index in [2.05, 4.69) is 93.6 Å². The Labute approximate surface area is 210 Å². The van der Waals surface area contributed by atoms with Gasteiger partial charge in [-0.2, -0.15) is 0 Å². The summed E-state index contributed by atoms with van der Waals surface area (Å²) in [5.74, 6) is 0.182. The standard InChI is InChI=1S/C30H35NO3Si/c1-30(2,3)35(25-15-9-5-10-16-25,26-17-11-6-12-18-26)34-24-19-27-28(20-29(32)31(27)21-24)33-22-23-13-7-4-8-14-23/h4-18,24,27-28H,19-22H2,1-3H3/t24-,27+,28?/m1/s1. The molecule has 2 heterocycles. The van der Waals surface area contributed by atoms with Crippen molar-refractivity contribution < 1.29 is 14.0 Å². The number of hydrogen-bond acceptors (Lipinski definition) is 3. The van der Waals surface area contributed by atoms with E-state index in [-0.39, 0.29) is 29.2 Å². The van der Waals surface area contributed by atoms with Crippen LogP contribution in [0.2, 0.25) is 5.04 Å². The van der Waals surface area contributed by atoms with Gasteiger partial charge in [-0.3, -0.25) is 4.79 Å². The van der Waals surface area contributed by atoms with Gasteiger partial charge in [0.15, 0.2) is 0 Å². The number of nitrogens with zero attached hydrogens (tertiary/aromatic N) is 1. The number of rotatable bonds is 7. The molecule has 0 N–H and O–H groups in total. The van der Waals surface area contributed by atoms with Gasteiger partial charge in [0.2, 0.25) is 5.91 Å². The van der Waals surface area contributed by atoms with Gasteiger partial charge in [0, 0.05) is 6.54 Å². The van der Waals surface area contributed by atoms with Crippen LogP contribution in [0.15, 0.2) is 91.0 Å². The fraction of sp³-hybridized carbons (Fsp3) is 0.367. The summed E-state index contributed by atoms with van der Waals surface area (Å²) in [4.78, 5) is 14.9. The molecule has 2 aliphatic heterocycles. The number of benzene rings is 3. The molecule has 3 aromatic carbocycles. The minimum atomic E-state index is -2.66. The zero-order chi connectivity index (χ0) is 24.5. The largest absolute Gasteiger partial charge is 0.403 e. The molecule has 4 nitrogen and oxygen atoms in total. The molecule has 0 saturated carbocycles. The minimum Gasteiger partial charge on any atom is -0.403 e. The lowest BCUT2D eigenvalue weighted by Crippen LogP contribution is -2.67. The molecule has 3 aromatic rings. The first-order valence-electron chi connectivity index (χ1n) is 12.6. The molecule has 0 aliphatic carbocycles. The first-order valence-corrected chi connectivity index (χ1v) is 14.5. The Kier molecular flexibility index (Phi) is 6.66. The molecule has 1 unspecified atom stereocenters. The van der Waals surface area contributed by atoms with Gasteiger partial charge in [-0.15, -0.1) is 0 Å². The Bertz CT molecular complexity index is 1090. The summed E-state index contributed by atoms with van der Waals surface area (Å²) in [6.07, 6.45) is 1.17. The van der Waals surface area contributed by atoms with Crippen molar-refractivity contribution in [1.29, 1.82) is 0 Å². The molecule has 0 bridgehead atoms. The average Bonchev–Trinajstić information content (AvgIpc) is 3.41. The predicted molar refractivity (Wildman–Crippen MR) is 142 cm³/mol. The van der Waals surface area contributed by atoms with E-state index in [1.54, 1.807) is 0 Å². The molecule has 0 spiro atoms. The smallest absolute Gasteiger partial charge is 0.261 e. The molecule has 0 radical (unpaired) electrons. The summed E-state index contributed by atoms with van der Waals surface area (Å²) >= 11 is 0. The maximum Gasteiger partial charge on any atom is 0.261 e. The van der Waals surface area contributed by atoms with Crippen LogP contribution < -0.4 is 10.4 Å². The van der Waals surface area contributed by atoms with Crippen LogP contribution in [-0.4, -0.2) is 43.9 Å². The Hall–Kier alpha value is -2.73. The van der Waals surface area contributed by atoms with Crippen molar-refractivity contribution in [3.63, 3.8) is 0 Å². The van der Waals surface area contributed by atoms with Crippen molar-refractivity contribution in [2.24, 2.45) is 0 Å². The highest BCUT2D eigenvalue weighted by Crippen LogP contribution is 2.41. The lowest BCUT2D eigenvalue weighted by molar-refractivity contribution is -0.128. The van der Waals surface area contributed by atoms with Gasteiger partial charge in [-0.25, -0.2) is 0 Å². The molecular formula is C30H35NO3Si. The zero-order valence-corrected chi connectivity index (χ0v) is 21.9. The Balaban J connectivity index is 1.42. The Morgan fingerprint density at radius 2 is 1.40 bits per heavy atom. The van der Waals surface area contributed by atoms with Crippen molar-refractivity contribution in [2.75, 3.05) is 6.54 Å². The molecule has 182 valence electrons. The second-order valence-electron chi connectivity index (χ2n) is 10.8. The highest BCUT2D eigenvalue weighted by atomic mass is 28.4. The fourth-order valence-corrected chi connectivity index (χ4v) is 10.6. The van der Waals surface area contributed by atoms with Gasteiger partial charge in [0.1, 0.15) is 0 Å². The van der Waals surface area contributed by atoms with Crippen molar-refractivity contribution in [2.45, 2.75) is 63.5 Å². The summed E-state index contributed by atoms with van der Waals surface area (Å²) in [7, 11) is -2.66. The van der Waals surface area contributed by atoms with Crippen LogP contribution >= 0.6 is 0 Å². The van der Waals surface area contributed by atoms with Crippen LogP contribution in [-0.2, 0) is 20.6 Å². The van der Waals surface area contributed by atoms with Crippen molar-refractivity contribution in [1.82, 2.24) is 4.90 Å². The van der Waals surface area contributed by atoms with Gasteiger partial charge in [-0.1, -0.05) is 112 Å². The highest BCUT2D eigenvalue weighted by molar-refractivity contribution is 6.99. The van der Waals surface area contributed by atoms with E-state index in [9.17, 15) is 4.79 Å². The third-order valence-electron chi connectivity index (χ3n) is 7.50. The Morgan fingerprint density at radius 1 is 0.857 bits per heavy atom. The zero-order valence-electron chi connectivity index (χ0n) is 20.9. The molecule has 0 aromatic heterocycles. The van der Waals surface area contributed by atoms with E-state index in [1.165, 1.54) is 10.4 Å². The average molecular weight is 486 g/mol. The van der Waals surface area contributed by atoms with E-state index in [0.717, 1.165) is 12.0 Å². The van der Waals surface area contributed by atoms with Gasteiger partial charge in [-0.05, 0) is 27.4 Å². The quantitative estimate of drug-likeness (QED) is 0.462. The maximum atomic E-state index is 12.9. The van der Waals surface area contributed by atoms with Crippen LogP contribution in [0.5, 0.6) is 0 Å². The summed E-state index contributed by atoms with van der Waals surface area (Å²) < 4.78 is 13.6. The normalized spacial score (nSPS) is 22.4. The van der Waals surface area contributed by atoms with E-state index >= 15 is 0 Å². The number of ether oxygens (including phenoxy) is 1. The van der Waals surface area contributed by atoms with Crippen molar-refractivity contribution in [3.8, 4) is 0 Å². The number of fused-ring (bicyclic) bond motifs is 1. The predicted octanol–water partition coefficient (Wildman–Crippen LogP) is 4.52. The minimum absolute atomic E-state index is 0.0154. The summed E-state index contributed by atoms with van der Waals surface area (Å²) in [5, 5.41) is 2.46. The third kappa shape index (κ3) is 4.60. The molecule has 2 aliphatic rings. The second-order valence-corrected chi connectivity index (χ2v) is 15.0. The number of carbonyl (C=O) groups excluding carboxylic acids is 1. The van der Waals surface area contributed by atoms with Gasteiger partial charge < -0.3 is 14.1 Å². The molecule has 5 rings (SSSR count). The first kappa shape index (κ1) is 24.0. The number of amides is 1. The van der Waals surface area contributed by atoms with Crippen LogP contribution in [0.1, 0.15) is 39.2 Å². The number of carbonyl (C=O) groups is 1. The first-order chi connectivity index (χ1) is 16.9. The van der Waals surface area contributed by atoms with E-state index in [1.807, 2.05) is 23.1 Å². The van der Waals surface area contributed by atoms with Gasteiger partial charge in [0.05, 0.1) is 31.3 Å². The fourth-order valence-electron chi connectivity index (χ4n) is 5.86. The number of hydrogen-bond donors (Lipinski definition) is 0. The van der Waals surface area contributed by atoms with Crippen LogP contribution in [0, 0.1) is 0 Å². The van der Waals surface area contributed by atoms with Gasteiger partial charge >= 0.3 is 0 Å². The lowest BCUT2D eigenvalue weighted by Gasteiger charge is -2.44. The van der Waals surface area contributed by atoms with Crippen LogP contribution in [0.3, 0.4) is 0 Å². The van der Waals surface area contributed by atoms with E-state index in [0.29, 0.717) is 19.6 Å². The Morgan fingerprint density at radius 3 is 1.94 bits per heavy atom. The summed E-state index contributed by atoms with van der Waals surface area (Å²) in [6, 6.07) is 31.7. The van der Waals surface area contributed by atoms with Crippen LogP contribution in [0.25, 0.3) is 0 Å². The van der Waals surface area contributed by atoms with E-state index in [4.69, 9.17) is 9.16 Å². The molecule has 35 heavy (non-hydrogen) atoms. The molecule has 2 saturated heterocycles. The third-order valence-corrected chi connectivity index (χ3v) is 12.6. The summed E-state index contributed by atoms with van der Waals surface area (Å²) in [5.41, 5.74) is 1.14. The van der Waals surface area contributed by atoms with Gasteiger partial charge in [0.25, 0.3) is 8.32 Å². The lowest BCUT2D eigenvalue weighted by atomic mass is 10.1. The highest BCUT2D eigenvalue weighted by Gasteiger charge is 2.54. The maximum absolute atomic E-state index is 12.9. The molecule has 2 fully saturated rings. The monoisotopic (exact) mass is 485 g/mol. The second kappa shape index (κ2) is 9.73. The summed E-state index contributed by atoms with van der Waals surface area (Å²) in [6.45, 7) is 8.06. The molecule has 1 amide bonds. The SMILES string of the molecule is CC(C)(C)[Si](O[C@@H]1C[C@H]2C(OCc3ccccc3)CC(=O)N2C1)(c1ccccc1)c1ccccc1. The van der Waals surface area contributed by atoms with E-state index < -0.39 is 8.32 Å². The topological polar surface area (TPSA) is 38.8 Å². The van der Waals surface area contributed by atoms with Crippen LogP contribution in [0.4, 0.5) is 0 Å². The molecule has 3 atom stereocenters. The molecular weight excluding hydrogens is 450 g/mol. The van der Waals surface area contributed by atoms with Crippen molar-refractivity contribution >= 4 is 24.6 Å².